The lowest BCUT2D eigenvalue weighted by Gasteiger charge is -2.34. The van der Waals surface area contributed by atoms with Crippen LogP contribution in [-0.2, 0) is 13.0 Å². The number of aryl methyl sites for hydroxylation is 1. The van der Waals surface area contributed by atoms with E-state index in [-0.39, 0.29) is 5.69 Å². The Kier molecular flexibility index (Phi) is 5.92. The molecule has 0 radical (unpaired) electrons. The molecule has 162 valence electrons. The van der Waals surface area contributed by atoms with Crippen molar-refractivity contribution in [3.63, 3.8) is 0 Å². The lowest BCUT2D eigenvalue weighted by atomic mass is 10.2. The van der Waals surface area contributed by atoms with Crippen molar-refractivity contribution in [1.29, 1.82) is 0 Å². The van der Waals surface area contributed by atoms with Crippen molar-refractivity contribution in [3.8, 4) is 10.7 Å². The molecular formula is C21H25N7O2S. The van der Waals surface area contributed by atoms with Crippen LogP contribution in [0.5, 0.6) is 0 Å². The second-order valence-electron chi connectivity index (χ2n) is 7.71. The molecule has 0 spiro atoms. The fraction of sp³-hybridized carbons (Fsp3) is 0.429. The topological polar surface area (TPSA) is 84.7 Å². The summed E-state index contributed by atoms with van der Waals surface area (Å²) in [6.07, 6.45) is 3.56. The van der Waals surface area contributed by atoms with Crippen LogP contribution < -0.4 is 5.69 Å². The van der Waals surface area contributed by atoms with E-state index < -0.39 is 0 Å². The molecule has 4 aromatic rings. The summed E-state index contributed by atoms with van der Waals surface area (Å²) in [6, 6.07) is 9.59. The van der Waals surface area contributed by atoms with E-state index in [0.717, 1.165) is 57.0 Å². The van der Waals surface area contributed by atoms with E-state index in [2.05, 4.69) is 25.0 Å². The van der Waals surface area contributed by atoms with Crippen LogP contribution in [0.3, 0.4) is 0 Å². The van der Waals surface area contributed by atoms with Crippen molar-refractivity contribution in [2.24, 2.45) is 0 Å². The molecule has 0 amide bonds. The zero-order valence-corrected chi connectivity index (χ0v) is 18.1. The largest absolute Gasteiger partial charge is 0.350 e. The van der Waals surface area contributed by atoms with Crippen LogP contribution in [0.2, 0.25) is 0 Å². The molecule has 0 aliphatic carbocycles. The van der Waals surface area contributed by atoms with Crippen LogP contribution in [-0.4, -0.2) is 73.4 Å². The first kappa shape index (κ1) is 20.1. The molecule has 0 unspecified atom stereocenters. The van der Waals surface area contributed by atoms with E-state index in [0.29, 0.717) is 23.9 Å². The fourth-order valence-electron chi connectivity index (χ4n) is 3.90. The fourth-order valence-corrected chi connectivity index (χ4v) is 4.55. The number of nitrogens with zero attached hydrogens (tertiary/aromatic N) is 7. The van der Waals surface area contributed by atoms with Crippen molar-refractivity contribution in [1.82, 2.24) is 34.1 Å². The summed E-state index contributed by atoms with van der Waals surface area (Å²) in [5.41, 5.74) is 0.624. The summed E-state index contributed by atoms with van der Waals surface area (Å²) in [6.45, 7) is 6.55. The van der Waals surface area contributed by atoms with Gasteiger partial charge < -0.3 is 9.42 Å². The molecular weight excluding hydrogens is 414 g/mol. The van der Waals surface area contributed by atoms with E-state index in [1.54, 1.807) is 26.6 Å². The molecule has 0 saturated carbocycles. The van der Waals surface area contributed by atoms with Gasteiger partial charge in [-0.1, -0.05) is 17.3 Å². The molecule has 4 aromatic heterocycles. The van der Waals surface area contributed by atoms with Crippen molar-refractivity contribution >= 4 is 17.0 Å². The number of hydrogen-bond acceptors (Lipinski definition) is 8. The van der Waals surface area contributed by atoms with Crippen LogP contribution in [0.25, 0.3) is 16.3 Å². The number of thiophene rings is 1. The van der Waals surface area contributed by atoms with Gasteiger partial charge in [-0.3, -0.25) is 9.30 Å². The smallest absolute Gasteiger partial charge is 0.339 e. The number of pyridine rings is 1. The van der Waals surface area contributed by atoms with Crippen molar-refractivity contribution in [3.05, 3.63) is 58.3 Å². The highest BCUT2D eigenvalue weighted by molar-refractivity contribution is 7.13. The lowest BCUT2D eigenvalue weighted by molar-refractivity contribution is 0.126. The summed E-state index contributed by atoms with van der Waals surface area (Å²) in [5.74, 6) is 1.39. The van der Waals surface area contributed by atoms with Crippen LogP contribution in [0.15, 0.2) is 51.2 Å². The predicted octanol–water partition coefficient (Wildman–Crippen LogP) is 1.86. The highest BCUT2D eigenvalue weighted by atomic mass is 32.1. The standard InChI is InChI=1S/C21H25N7O2S/c29-21-27-9-2-1-6-18(27)23-28(21)15-14-26-12-10-25(11-13-26)8-3-7-19-22-20(24-30-19)17-5-4-16-31-17/h1-2,4-6,9,16H,3,7-8,10-15H2. The molecule has 5 rings (SSSR count). The molecule has 31 heavy (non-hydrogen) atoms. The summed E-state index contributed by atoms with van der Waals surface area (Å²) in [7, 11) is 0. The molecule has 1 saturated heterocycles. The molecule has 10 heteroatoms. The zero-order chi connectivity index (χ0) is 21.0. The Hall–Kier alpha value is -2.82. The maximum absolute atomic E-state index is 12.4. The third kappa shape index (κ3) is 4.60. The Bertz CT molecular complexity index is 1170. The van der Waals surface area contributed by atoms with Gasteiger partial charge in [0.05, 0.1) is 11.4 Å². The Morgan fingerprint density at radius 3 is 2.61 bits per heavy atom. The first-order valence-corrected chi connectivity index (χ1v) is 11.5. The van der Waals surface area contributed by atoms with Crippen LogP contribution in [0, 0.1) is 0 Å². The quantitative estimate of drug-likeness (QED) is 0.414. The van der Waals surface area contributed by atoms with Crippen LogP contribution >= 0.6 is 11.3 Å². The van der Waals surface area contributed by atoms with E-state index >= 15 is 0 Å². The minimum atomic E-state index is -0.0718. The number of fused-ring (bicyclic) bond motifs is 1. The van der Waals surface area contributed by atoms with Gasteiger partial charge in [0, 0.05) is 45.3 Å². The Balaban J connectivity index is 1.04. The first-order chi connectivity index (χ1) is 15.3. The molecule has 0 aromatic carbocycles. The van der Waals surface area contributed by atoms with Gasteiger partial charge in [-0.05, 0) is 36.5 Å². The monoisotopic (exact) mass is 439 g/mol. The van der Waals surface area contributed by atoms with Crippen LogP contribution in [0.4, 0.5) is 0 Å². The van der Waals surface area contributed by atoms with E-state index in [9.17, 15) is 4.79 Å². The third-order valence-corrected chi connectivity index (χ3v) is 6.52. The van der Waals surface area contributed by atoms with Gasteiger partial charge in [0.25, 0.3) is 0 Å². The first-order valence-electron chi connectivity index (χ1n) is 10.6. The summed E-state index contributed by atoms with van der Waals surface area (Å²) < 4.78 is 8.54. The zero-order valence-electron chi connectivity index (χ0n) is 17.3. The molecule has 9 nitrogen and oxygen atoms in total. The Morgan fingerprint density at radius 1 is 1.00 bits per heavy atom. The van der Waals surface area contributed by atoms with Gasteiger partial charge in [-0.2, -0.15) is 4.98 Å². The van der Waals surface area contributed by atoms with Gasteiger partial charge in [0.2, 0.25) is 11.7 Å². The molecule has 5 heterocycles. The van der Waals surface area contributed by atoms with Gasteiger partial charge in [-0.15, -0.1) is 16.4 Å². The molecule has 1 aliphatic rings. The van der Waals surface area contributed by atoms with E-state index in [4.69, 9.17) is 4.52 Å². The summed E-state index contributed by atoms with van der Waals surface area (Å²) >= 11 is 1.62. The summed E-state index contributed by atoms with van der Waals surface area (Å²) in [4.78, 5) is 22.8. The molecule has 0 atom stereocenters. The molecule has 1 aliphatic heterocycles. The number of hydrogen-bond donors (Lipinski definition) is 0. The van der Waals surface area contributed by atoms with Gasteiger partial charge >= 0.3 is 5.69 Å². The number of aromatic nitrogens is 5. The Morgan fingerprint density at radius 2 is 1.84 bits per heavy atom. The van der Waals surface area contributed by atoms with E-state index in [1.807, 2.05) is 35.7 Å². The second-order valence-corrected chi connectivity index (χ2v) is 8.66. The van der Waals surface area contributed by atoms with E-state index in [1.165, 1.54) is 0 Å². The van der Waals surface area contributed by atoms with Crippen molar-refractivity contribution in [2.45, 2.75) is 19.4 Å². The lowest BCUT2D eigenvalue weighted by Crippen LogP contribution is -2.47. The third-order valence-electron chi connectivity index (χ3n) is 5.66. The predicted molar refractivity (Wildman–Crippen MR) is 118 cm³/mol. The minimum absolute atomic E-state index is 0.0718. The minimum Gasteiger partial charge on any atom is -0.339 e. The van der Waals surface area contributed by atoms with Crippen LogP contribution in [0.1, 0.15) is 12.3 Å². The van der Waals surface area contributed by atoms with Crippen molar-refractivity contribution < 1.29 is 4.52 Å². The molecule has 0 N–H and O–H groups in total. The highest BCUT2D eigenvalue weighted by Gasteiger charge is 2.18. The number of rotatable bonds is 8. The average Bonchev–Trinajstić information content (AvgIpc) is 3.54. The van der Waals surface area contributed by atoms with Crippen molar-refractivity contribution in [2.75, 3.05) is 39.3 Å². The number of piperazine rings is 1. The average molecular weight is 440 g/mol. The maximum atomic E-state index is 12.4. The SMILES string of the molecule is O=c1n(CCN2CCN(CCCc3nc(-c4cccs4)no3)CC2)nc2ccccn12. The highest BCUT2D eigenvalue weighted by Crippen LogP contribution is 2.21. The Labute approximate surface area is 183 Å². The summed E-state index contributed by atoms with van der Waals surface area (Å²) in [5, 5.41) is 10.5. The van der Waals surface area contributed by atoms with Gasteiger partial charge in [0.15, 0.2) is 5.65 Å². The van der Waals surface area contributed by atoms with Gasteiger partial charge in [0.1, 0.15) is 0 Å². The molecule has 0 bridgehead atoms. The maximum Gasteiger partial charge on any atom is 0.350 e. The van der Waals surface area contributed by atoms with Gasteiger partial charge in [-0.25, -0.2) is 9.48 Å². The second kappa shape index (κ2) is 9.13. The molecule has 1 fully saturated rings. The normalized spacial score (nSPS) is 15.7.